The van der Waals surface area contributed by atoms with Crippen LogP contribution in [0.1, 0.15) is 54.2 Å². The van der Waals surface area contributed by atoms with Gasteiger partial charge in [0.15, 0.2) is 0 Å². The van der Waals surface area contributed by atoms with Crippen molar-refractivity contribution in [2.24, 2.45) is 5.41 Å². The van der Waals surface area contributed by atoms with Crippen LogP contribution in [0.15, 0.2) is 28.0 Å². The Hall–Kier alpha value is -3.03. The Labute approximate surface area is 191 Å². The van der Waals surface area contributed by atoms with Crippen LogP contribution < -0.4 is 0 Å². The van der Waals surface area contributed by atoms with E-state index in [0.717, 1.165) is 39.3 Å². The predicted octanol–water partition coefficient (Wildman–Crippen LogP) is 5.23. The molecule has 0 aliphatic heterocycles. The zero-order valence-corrected chi connectivity index (χ0v) is 18.8. The molecule has 1 aliphatic rings. The summed E-state index contributed by atoms with van der Waals surface area (Å²) in [4.78, 5) is 21.2. The van der Waals surface area contributed by atoms with Crippen LogP contribution in [0.4, 0.5) is 4.39 Å². The van der Waals surface area contributed by atoms with Gasteiger partial charge >= 0.3 is 0 Å². The average molecular weight is 468 g/mol. The second-order valence-corrected chi connectivity index (χ2v) is 10.0. The first kappa shape index (κ1) is 20.8. The summed E-state index contributed by atoms with van der Waals surface area (Å²) < 4.78 is 20.1. The molecule has 3 aromatic heterocycles. The number of carbonyl (C=O) groups is 1. The summed E-state index contributed by atoms with van der Waals surface area (Å²) in [7, 11) is 0. The molecule has 0 bridgehead atoms. The molecule has 4 aromatic rings. The summed E-state index contributed by atoms with van der Waals surface area (Å²) in [5.41, 5.74) is 2.05. The maximum atomic E-state index is 13.5. The number of ketones is 1. The number of carbonyl (C=O) groups excluding carboxylic acids is 1. The first-order chi connectivity index (χ1) is 15.4. The molecule has 3 heterocycles. The normalized spacial score (nSPS) is 15.5. The number of alkyl halides is 1. The van der Waals surface area contributed by atoms with Gasteiger partial charge in [0.2, 0.25) is 11.8 Å². The highest BCUT2D eigenvalue weighted by atomic mass is 32.1. The Morgan fingerprint density at radius 1 is 1.31 bits per heavy atom. The number of benzene rings is 1. The summed E-state index contributed by atoms with van der Waals surface area (Å²) in [6.45, 7) is 1.48. The van der Waals surface area contributed by atoms with Gasteiger partial charge in [0.05, 0.1) is 40.2 Å². The van der Waals surface area contributed by atoms with Crippen LogP contribution in [-0.2, 0) is 17.6 Å². The van der Waals surface area contributed by atoms with Gasteiger partial charge in [-0.3, -0.25) is 4.79 Å². The van der Waals surface area contributed by atoms with Gasteiger partial charge in [-0.1, -0.05) is 6.07 Å². The molecule has 0 spiro atoms. The number of aromatic nitrogens is 4. The van der Waals surface area contributed by atoms with Crippen LogP contribution in [0.25, 0.3) is 21.5 Å². The summed E-state index contributed by atoms with van der Waals surface area (Å²) in [5, 5.41) is 20.3. The molecule has 7 nitrogen and oxygen atoms in total. The van der Waals surface area contributed by atoms with E-state index in [-0.39, 0.29) is 24.5 Å². The maximum Gasteiger partial charge on any atom is 0.223 e. The maximum absolute atomic E-state index is 13.5. The molecule has 0 N–H and O–H groups in total. The predicted molar refractivity (Wildman–Crippen MR) is 118 cm³/mol. The summed E-state index contributed by atoms with van der Waals surface area (Å²) in [6.07, 6.45) is 1.14. The van der Waals surface area contributed by atoms with Crippen molar-refractivity contribution in [1.29, 1.82) is 5.26 Å². The number of halogens is 1. The van der Waals surface area contributed by atoms with E-state index in [1.807, 2.05) is 23.6 Å². The summed E-state index contributed by atoms with van der Waals surface area (Å²) in [6, 6.07) is 8.07. The Morgan fingerprint density at radius 2 is 2.12 bits per heavy atom. The summed E-state index contributed by atoms with van der Waals surface area (Å²) >= 11 is 2.83. The van der Waals surface area contributed by atoms with E-state index in [2.05, 4.69) is 26.2 Å². The number of Topliss-reactive ketones (excluding diaryl/α,β-unsaturated/α-hetero) is 1. The van der Waals surface area contributed by atoms with Crippen LogP contribution in [0.5, 0.6) is 0 Å². The third-order valence-corrected chi connectivity index (χ3v) is 7.39. The van der Waals surface area contributed by atoms with E-state index in [1.165, 1.54) is 29.6 Å². The lowest BCUT2D eigenvalue weighted by molar-refractivity contribution is -0.119. The molecule has 0 radical (unpaired) electrons. The molecule has 162 valence electrons. The SMILES string of the molecule is CC(F)c1nc(-c2ccc3nc(Cc4nnc(CC(=O)CC5(C#N)CC5)o4)sc3c2)cs1. The van der Waals surface area contributed by atoms with E-state index in [1.54, 1.807) is 0 Å². The zero-order valence-electron chi connectivity index (χ0n) is 17.2. The second kappa shape index (κ2) is 8.15. The fraction of sp³-hybridized carbons (Fsp3) is 0.364. The molecule has 1 unspecified atom stereocenters. The van der Waals surface area contributed by atoms with E-state index in [0.29, 0.717) is 17.3 Å². The molecule has 1 saturated carbocycles. The molecule has 5 rings (SSSR count). The molecule has 10 heteroatoms. The lowest BCUT2D eigenvalue weighted by Crippen LogP contribution is -2.10. The topological polar surface area (TPSA) is 106 Å². The van der Waals surface area contributed by atoms with Crippen LogP contribution >= 0.6 is 22.7 Å². The largest absolute Gasteiger partial charge is 0.424 e. The number of fused-ring (bicyclic) bond motifs is 1. The molecular weight excluding hydrogens is 449 g/mol. The smallest absolute Gasteiger partial charge is 0.223 e. The van der Waals surface area contributed by atoms with Crippen molar-refractivity contribution in [1.82, 2.24) is 20.2 Å². The van der Waals surface area contributed by atoms with Gasteiger partial charge in [-0.15, -0.1) is 32.9 Å². The number of nitriles is 1. The Balaban J connectivity index is 1.27. The van der Waals surface area contributed by atoms with Gasteiger partial charge in [-0.25, -0.2) is 14.4 Å². The van der Waals surface area contributed by atoms with Crippen molar-refractivity contribution in [3.63, 3.8) is 0 Å². The van der Waals surface area contributed by atoms with Crippen molar-refractivity contribution in [3.8, 4) is 17.3 Å². The van der Waals surface area contributed by atoms with Crippen LogP contribution in [0.3, 0.4) is 0 Å². The fourth-order valence-electron chi connectivity index (χ4n) is 3.46. The number of nitrogens with zero attached hydrogens (tertiary/aromatic N) is 5. The highest BCUT2D eigenvalue weighted by Gasteiger charge is 2.44. The van der Waals surface area contributed by atoms with Gasteiger partial charge in [-0.2, -0.15) is 5.26 Å². The lowest BCUT2D eigenvalue weighted by Gasteiger charge is -2.01. The fourth-order valence-corrected chi connectivity index (χ4v) is 5.22. The van der Waals surface area contributed by atoms with Gasteiger partial charge < -0.3 is 4.42 Å². The third-order valence-electron chi connectivity index (χ3n) is 5.38. The highest BCUT2D eigenvalue weighted by Crippen LogP contribution is 2.48. The highest BCUT2D eigenvalue weighted by molar-refractivity contribution is 7.18. The third kappa shape index (κ3) is 4.31. The zero-order chi connectivity index (χ0) is 22.3. The minimum Gasteiger partial charge on any atom is -0.424 e. The van der Waals surface area contributed by atoms with Gasteiger partial charge in [0, 0.05) is 17.4 Å². The van der Waals surface area contributed by atoms with Crippen molar-refractivity contribution < 1.29 is 13.6 Å². The van der Waals surface area contributed by atoms with E-state index < -0.39 is 11.6 Å². The Morgan fingerprint density at radius 3 is 2.84 bits per heavy atom. The molecule has 0 amide bonds. The van der Waals surface area contributed by atoms with E-state index in [4.69, 9.17) is 9.68 Å². The van der Waals surface area contributed by atoms with Gasteiger partial charge in [0.1, 0.15) is 22.0 Å². The van der Waals surface area contributed by atoms with Crippen molar-refractivity contribution >= 4 is 38.7 Å². The Bertz CT molecular complexity index is 1350. The molecule has 1 aliphatic carbocycles. The van der Waals surface area contributed by atoms with E-state index >= 15 is 0 Å². The monoisotopic (exact) mass is 467 g/mol. The molecule has 1 aromatic carbocycles. The average Bonchev–Trinajstić information content (AvgIpc) is 3.15. The summed E-state index contributed by atoms with van der Waals surface area (Å²) in [5.74, 6) is 0.609. The lowest BCUT2D eigenvalue weighted by atomic mass is 10.00. The molecule has 1 atom stereocenters. The van der Waals surface area contributed by atoms with Crippen LogP contribution in [0, 0.1) is 16.7 Å². The van der Waals surface area contributed by atoms with Crippen LogP contribution in [-0.4, -0.2) is 25.9 Å². The Kier molecular flexibility index (Phi) is 5.31. The molecule has 32 heavy (non-hydrogen) atoms. The minimum atomic E-state index is -1.08. The minimum absolute atomic E-state index is 0.0484. The van der Waals surface area contributed by atoms with Crippen molar-refractivity contribution in [2.45, 2.75) is 45.2 Å². The molecule has 1 fully saturated rings. The van der Waals surface area contributed by atoms with Crippen molar-refractivity contribution in [3.05, 3.63) is 45.4 Å². The first-order valence-corrected chi connectivity index (χ1v) is 11.9. The second-order valence-electron chi connectivity index (χ2n) is 8.03. The number of hydrogen-bond donors (Lipinski definition) is 0. The van der Waals surface area contributed by atoms with Gasteiger partial charge in [0.25, 0.3) is 0 Å². The van der Waals surface area contributed by atoms with Crippen molar-refractivity contribution in [2.75, 3.05) is 0 Å². The quantitative estimate of drug-likeness (QED) is 0.349. The number of hydrogen-bond acceptors (Lipinski definition) is 9. The number of thiazole rings is 2. The van der Waals surface area contributed by atoms with Gasteiger partial charge in [-0.05, 0) is 31.9 Å². The number of rotatable bonds is 8. The first-order valence-electron chi connectivity index (χ1n) is 10.2. The molecular formula is C22H18FN5O2S2. The van der Waals surface area contributed by atoms with E-state index in [9.17, 15) is 9.18 Å². The standard InChI is InChI=1S/C22H18FN5O2S2/c1-12(23)21-26-16(10-31-21)13-2-3-15-17(6-13)32-20(25-15)8-19-28-27-18(30-19)7-14(29)9-22(11-24)4-5-22/h2-3,6,10,12H,4-5,7-9H2,1H3. The van der Waals surface area contributed by atoms with Crippen LogP contribution in [0.2, 0.25) is 0 Å². The molecule has 0 saturated heterocycles.